The van der Waals surface area contributed by atoms with Gasteiger partial charge in [0.1, 0.15) is 12.2 Å². The fraction of sp³-hybridized carbons (Fsp3) is 0.385. The van der Waals surface area contributed by atoms with Crippen LogP contribution in [0.2, 0.25) is 0 Å². The summed E-state index contributed by atoms with van der Waals surface area (Å²) in [6.07, 6.45) is 1.42. The van der Waals surface area contributed by atoms with Crippen LogP contribution in [0.1, 0.15) is 37.4 Å². The van der Waals surface area contributed by atoms with Crippen LogP contribution in [0.3, 0.4) is 0 Å². The Bertz CT molecular complexity index is 571. The van der Waals surface area contributed by atoms with Crippen molar-refractivity contribution in [2.45, 2.75) is 32.4 Å². The summed E-state index contributed by atoms with van der Waals surface area (Å²) in [7, 11) is 0. The summed E-state index contributed by atoms with van der Waals surface area (Å²) >= 11 is 5.66. The molecule has 0 aliphatic heterocycles. The quantitative estimate of drug-likeness (QED) is 0.747. The summed E-state index contributed by atoms with van der Waals surface area (Å²) in [6, 6.07) is 6.14. The second-order valence-electron chi connectivity index (χ2n) is 4.60. The summed E-state index contributed by atoms with van der Waals surface area (Å²) in [5.41, 5.74) is 0.910. The van der Waals surface area contributed by atoms with Crippen molar-refractivity contribution in [3.63, 3.8) is 0 Å². The molecule has 2 rings (SSSR count). The zero-order chi connectivity index (χ0) is 14.0. The van der Waals surface area contributed by atoms with Crippen molar-refractivity contribution >= 4 is 38.5 Å². The number of benzene rings is 1. The minimum absolute atomic E-state index is 0.242. The van der Waals surface area contributed by atoms with E-state index < -0.39 is 6.10 Å². The van der Waals surface area contributed by atoms with Crippen LogP contribution < -0.4 is 0 Å². The number of hydrogen-bond donors (Lipinski definition) is 1. The first-order valence-electron chi connectivity index (χ1n) is 6.00. The fourth-order valence-corrected chi connectivity index (χ4v) is 2.98. The molecule has 1 atom stereocenters. The Morgan fingerprint density at radius 2 is 2.16 bits per heavy atom. The van der Waals surface area contributed by atoms with Crippen LogP contribution >= 0.6 is 38.5 Å². The van der Waals surface area contributed by atoms with Gasteiger partial charge in [-0.1, -0.05) is 15.9 Å². The molecule has 0 spiro atoms. The molecule has 4 nitrogen and oxygen atoms in total. The van der Waals surface area contributed by atoms with Crippen LogP contribution in [-0.4, -0.2) is 19.9 Å². The third-order valence-electron chi connectivity index (χ3n) is 2.83. The number of rotatable bonds is 4. The van der Waals surface area contributed by atoms with Crippen molar-refractivity contribution in [1.29, 1.82) is 0 Å². The van der Waals surface area contributed by atoms with E-state index in [9.17, 15) is 5.11 Å². The van der Waals surface area contributed by atoms with Crippen LogP contribution in [0.25, 0.3) is 0 Å². The molecular weight excluding hydrogens is 421 g/mol. The standard InChI is InChI=1S/C13H15BrIN3O/c1-8(2)18-13(16-7-17-18)6-12(19)10-5-9(14)3-4-11(10)15/h3-5,7-8,12,19H,6H2,1-2H3. The van der Waals surface area contributed by atoms with Crippen molar-refractivity contribution in [3.05, 3.63) is 44.0 Å². The van der Waals surface area contributed by atoms with Gasteiger partial charge in [0.15, 0.2) is 0 Å². The Labute approximate surface area is 134 Å². The average molecular weight is 436 g/mol. The number of hydrogen-bond acceptors (Lipinski definition) is 3. The summed E-state index contributed by atoms with van der Waals surface area (Å²) in [5.74, 6) is 0.804. The van der Waals surface area contributed by atoms with Gasteiger partial charge in [0.05, 0.1) is 6.10 Å². The number of nitrogens with zero attached hydrogens (tertiary/aromatic N) is 3. The third-order valence-corrected chi connectivity index (χ3v) is 4.31. The van der Waals surface area contributed by atoms with Gasteiger partial charge in [-0.25, -0.2) is 9.67 Å². The molecule has 1 aromatic carbocycles. The van der Waals surface area contributed by atoms with Crippen molar-refractivity contribution in [2.75, 3.05) is 0 Å². The van der Waals surface area contributed by atoms with Crippen molar-refractivity contribution in [2.24, 2.45) is 0 Å². The lowest BCUT2D eigenvalue weighted by Gasteiger charge is -2.15. The molecule has 0 saturated carbocycles. The van der Waals surface area contributed by atoms with E-state index in [1.807, 2.05) is 36.7 Å². The van der Waals surface area contributed by atoms with E-state index in [0.29, 0.717) is 6.42 Å². The first-order valence-corrected chi connectivity index (χ1v) is 7.87. The Balaban J connectivity index is 2.23. The van der Waals surface area contributed by atoms with Crippen molar-refractivity contribution < 1.29 is 5.11 Å². The SMILES string of the molecule is CC(C)n1ncnc1CC(O)c1cc(Br)ccc1I. The summed E-state index contributed by atoms with van der Waals surface area (Å²) in [6.45, 7) is 4.10. The predicted molar refractivity (Wildman–Crippen MR) is 85.9 cm³/mol. The Hall–Kier alpha value is -0.470. The van der Waals surface area contributed by atoms with E-state index in [2.05, 4.69) is 48.6 Å². The average Bonchev–Trinajstić information content (AvgIpc) is 2.80. The van der Waals surface area contributed by atoms with Crippen LogP contribution in [0.5, 0.6) is 0 Å². The van der Waals surface area contributed by atoms with Crippen molar-refractivity contribution in [3.8, 4) is 0 Å². The second-order valence-corrected chi connectivity index (χ2v) is 6.68. The highest BCUT2D eigenvalue weighted by Crippen LogP contribution is 2.26. The minimum Gasteiger partial charge on any atom is -0.388 e. The summed E-state index contributed by atoms with van der Waals surface area (Å²) in [5, 5.41) is 14.6. The van der Waals surface area contributed by atoms with Gasteiger partial charge in [0.25, 0.3) is 0 Å². The summed E-state index contributed by atoms with van der Waals surface area (Å²) in [4.78, 5) is 4.23. The molecule has 19 heavy (non-hydrogen) atoms. The fourth-order valence-electron chi connectivity index (χ4n) is 1.90. The number of halogens is 2. The maximum absolute atomic E-state index is 10.4. The molecule has 0 aliphatic rings. The lowest BCUT2D eigenvalue weighted by atomic mass is 10.1. The zero-order valence-corrected chi connectivity index (χ0v) is 14.5. The molecule has 0 fully saturated rings. The van der Waals surface area contributed by atoms with Gasteiger partial charge in [-0.2, -0.15) is 5.10 Å². The van der Waals surface area contributed by atoms with Gasteiger partial charge in [-0.05, 0) is 60.2 Å². The van der Waals surface area contributed by atoms with E-state index in [0.717, 1.165) is 19.4 Å². The molecule has 1 N–H and O–H groups in total. The zero-order valence-electron chi connectivity index (χ0n) is 10.7. The normalized spacial score (nSPS) is 12.9. The molecule has 6 heteroatoms. The number of aromatic nitrogens is 3. The van der Waals surface area contributed by atoms with Gasteiger partial charge in [-0.3, -0.25) is 0 Å². The van der Waals surface area contributed by atoms with E-state index in [-0.39, 0.29) is 6.04 Å². The van der Waals surface area contributed by atoms with Gasteiger partial charge < -0.3 is 5.11 Å². The maximum Gasteiger partial charge on any atom is 0.138 e. The van der Waals surface area contributed by atoms with Crippen LogP contribution in [0.4, 0.5) is 0 Å². The molecule has 1 unspecified atom stereocenters. The van der Waals surface area contributed by atoms with Crippen LogP contribution in [0.15, 0.2) is 29.0 Å². The highest BCUT2D eigenvalue weighted by Gasteiger charge is 2.17. The molecule has 2 aromatic rings. The van der Waals surface area contributed by atoms with Gasteiger partial charge >= 0.3 is 0 Å². The molecule has 0 bridgehead atoms. The first-order chi connectivity index (χ1) is 8.99. The second kappa shape index (κ2) is 6.32. The molecule has 1 heterocycles. The van der Waals surface area contributed by atoms with Crippen LogP contribution in [-0.2, 0) is 6.42 Å². The largest absolute Gasteiger partial charge is 0.388 e. The lowest BCUT2D eigenvalue weighted by molar-refractivity contribution is 0.172. The summed E-state index contributed by atoms with van der Waals surface area (Å²) < 4.78 is 3.85. The molecule has 0 aliphatic carbocycles. The Morgan fingerprint density at radius 1 is 1.42 bits per heavy atom. The van der Waals surface area contributed by atoms with E-state index in [4.69, 9.17) is 0 Å². The first kappa shape index (κ1) is 14.9. The number of aliphatic hydroxyl groups excluding tert-OH is 1. The molecule has 0 saturated heterocycles. The van der Waals surface area contributed by atoms with Gasteiger partial charge in [0, 0.05) is 20.5 Å². The van der Waals surface area contributed by atoms with Crippen molar-refractivity contribution in [1.82, 2.24) is 14.8 Å². The third kappa shape index (κ3) is 3.55. The van der Waals surface area contributed by atoms with Gasteiger partial charge in [0.2, 0.25) is 0 Å². The highest BCUT2D eigenvalue weighted by molar-refractivity contribution is 14.1. The predicted octanol–water partition coefficient (Wildman–Crippen LogP) is 3.50. The Morgan fingerprint density at radius 3 is 2.84 bits per heavy atom. The van der Waals surface area contributed by atoms with E-state index >= 15 is 0 Å². The molecule has 102 valence electrons. The Kier molecular flexibility index (Phi) is 4.97. The monoisotopic (exact) mass is 435 g/mol. The topological polar surface area (TPSA) is 50.9 Å². The minimum atomic E-state index is -0.578. The molecule has 0 amide bonds. The van der Waals surface area contributed by atoms with E-state index in [1.165, 1.54) is 6.33 Å². The molecule has 1 aromatic heterocycles. The lowest BCUT2D eigenvalue weighted by Crippen LogP contribution is -2.12. The molecule has 0 radical (unpaired) electrons. The van der Waals surface area contributed by atoms with Crippen LogP contribution in [0, 0.1) is 3.57 Å². The number of aliphatic hydroxyl groups is 1. The highest BCUT2D eigenvalue weighted by atomic mass is 127. The molecular formula is C13H15BrIN3O. The van der Waals surface area contributed by atoms with Gasteiger partial charge in [-0.15, -0.1) is 0 Å². The van der Waals surface area contributed by atoms with E-state index in [1.54, 1.807) is 0 Å². The smallest absolute Gasteiger partial charge is 0.138 e. The maximum atomic E-state index is 10.4.